The molecule has 0 unspecified atom stereocenters. The first kappa shape index (κ1) is 24.6. The highest BCUT2D eigenvalue weighted by Crippen LogP contribution is 2.42. The van der Waals surface area contributed by atoms with Gasteiger partial charge in [-0.1, -0.05) is 69.0 Å². The predicted octanol–water partition coefficient (Wildman–Crippen LogP) is 8.91. The largest absolute Gasteiger partial charge is 0.377 e. The Balaban J connectivity index is 1.29. The van der Waals surface area contributed by atoms with Gasteiger partial charge in [-0.2, -0.15) is 0 Å². The monoisotopic (exact) mass is 424 g/mol. The Kier molecular flexibility index (Phi) is 11.2. The van der Waals surface area contributed by atoms with Crippen molar-refractivity contribution < 1.29 is 4.74 Å². The molecule has 3 rings (SSSR count). The molecule has 0 N–H and O–H groups in total. The van der Waals surface area contributed by atoms with E-state index in [4.69, 9.17) is 4.74 Å². The SMILES string of the molecule is C/C=C/C[C@H]1CC[C@H](C2CCC(CCc3ccc(COCCCCC)cc3)CC2)CC1. The van der Waals surface area contributed by atoms with E-state index in [0.29, 0.717) is 0 Å². The number of ether oxygens (including phenoxy) is 1. The fourth-order valence-electron chi connectivity index (χ4n) is 5.99. The van der Waals surface area contributed by atoms with E-state index in [1.165, 1.54) is 101 Å². The zero-order chi connectivity index (χ0) is 21.7. The molecule has 0 spiro atoms. The average molecular weight is 425 g/mol. The second-order valence-electron chi connectivity index (χ2n) is 10.5. The van der Waals surface area contributed by atoms with Gasteiger partial charge in [-0.15, -0.1) is 0 Å². The second-order valence-corrected chi connectivity index (χ2v) is 10.5. The summed E-state index contributed by atoms with van der Waals surface area (Å²) in [6.07, 6.45) is 24.2. The van der Waals surface area contributed by atoms with Gasteiger partial charge in [0.25, 0.3) is 0 Å². The van der Waals surface area contributed by atoms with Gasteiger partial charge in [0.1, 0.15) is 0 Å². The van der Waals surface area contributed by atoms with Crippen molar-refractivity contribution in [3.63, 3.8) is 0 Å². The quantitative estimate of drug-likeness (QED) is 0.240. The van der Waals surface area contributed by atoms with E-state index < -0.39 is 0 Å². The minimum absolute atomic E-state index is 0.769. The maximum absolute atomic E-state index is 5.80. The molecule has 0 radical (unpaired) electrons. The first-order valence-corrected chi connectivity index (χ1v) is 13.5. The van der Waals surface area contributed by atoms with E-state index >= 15 is 0 Å². The molecule has 0 heterocycles. The van der Waals surface area contributed by atoms with Crippen LogP contribution >= 0.6 is 0 Å². The van der Waals surface area contributed by atoms with Crippen LogP contribution in [0.25, 0.3) is 0 Å². The number of allylic oxidation sites excluding steroid dienone is 2. The summed E-state index contributed by atoms with van der Waals surface area (Å²) in [5.74, 6) is 4.02. The molecule has 2 saturated carbocycles. The molecule has 2 aliphatic carbocycles. The van der Waals surface area contributed by atoms with Gasteiger partial charge in [0.15, 0.2) is 0 Å². The molecule has 1 aromatic carbocycles. The van der Waals surface area contributed by atoms with Gasteiger partial charge in [0.2, 0.25) is 0 Å². The Morgan fingerprint density at radius 1 is 0.806 bits per heavy atom. The summed E-state index contributed by atoms with van der Waals surface area (Å²) in [5.41, 5.74) is 2.83. The fourth-order valence-corrected chi connectivity index (χ4v) is 5.99. The van der Waals surface area contributed by atoms with E-state index in [2.05, 4.69) is 50.3 Å². The van der Waals surface area contributed by atoms with Crippen molar-refractivity contribution in [3.05, 3.63) is 47.5 Å². The number of unbranched alkanes of at least 4 members (excludes halogenated alkanes) is 2. The van der Waals surface area contributed by atoms with Crippen LogP contribution in [0, 0.1) is 23.7 Å². The van der Waals surface area contributed by atoms with E-state index in [9.17, 15) is 0 Å². The van der Waals surface area contributed by atoms with Crippen LogP contribution in [0.3, 0.4) is 0 Å². The molecule has 1 heteroatoms. The highest BCUT2D eigenvalue weighted by molar-refractivity contribution is 5.22. The van der Waals surface area contributed by atoms with Gasteiger partial charge in [-0.05, 0) is 106 Å². The predicted molar refractivity (Wildman–Crippen MR) is 134 cm³/mol. The lowest BCUT2D eigenvalue weighted by Crippen LogP contribution is -2.26. The second kappa shape index (κ2) is 14.1. The fraction of sp³-hybridized carbons (Fsp3) is 0.733. The molecule has 0 saturated heterocycles. The van der Waals surface area contributed by atoms with Crippen LogP contribution in [0.1, 0.15) is 108 Å². The average Bonchev–Trinajstić information content (AvgIpc) is 2.83. The number of benzene rings is 1. The van der Waals surface area contributed by atoms with Gasteiger partial charge in [-0.3, -0.25) is 0 Å². The third-order valence-electron chi connectivity index (χ3n) is 8.18. The molecule has 1 nitrogen and oxygen atoms in total. The van der Waals surface area contributed by atoms with Crippen LogP contribution in [0.2, 0.25) is 0 Å². The highest BCUT2D eigenvalue weighted by atomic mass is 16.5. The van der Waals surface area contributed by atoms with Crippen molar-refractivity contribution in [2.75, 3.05) is 6.61 Å². The number of rotatable bonds is 12. The summed E-state index contributed by atoms with van der Waals surface area (Å²) in [6.45, 7) is 6.06. The third kappa shape index (κ3) is 8.76. The lowest BCUT2D eigenvalue weighted by atomic mass is 9.68. The Bertz CT molecular complexity index is 600. The van der Waals surface area contributed by atoms with E-state index in [0.717, 1.165) is 36.9 Å². The summed E-state index contributed by atoms with van der Waals surface area (Å²) in [7, 11) is 0. The summed E-state index contributed by atoms with van der Waals surface area (Å²) in [4.78, 5) is 0. The molecule has 0 aromatic heterocycles. The topological polar surface area (TPSA) is 9.23 Å². The molecule has 0 bridgehead atoms. The Labute approximate surface area is 193 Å². The van der Waals surface area contributed by atoms with Crippen molar-refractivity contribution in [2.45, 2.75) is 110 Å². The molecule has 2 aliphatic rings. The van der Waals surface area contributed by atoms with E-state index in [-0.39, 0.29) is 0 Å². The number of hydrogen-bond acceptors (Lipinski definition) is 1. The number of hydrogen-bond donors (Lipinski definition) is 0. The maximum Gasteiger partial charge on any atom is 0.0716 e. The molecular weight excluding hydrogens is 376 g/mol. The van der Waals surface area contributed by atoms with Crippen LogP contribution < -0.4 is 0 Å². The molecule has 0 atom stereocenters. The zero-order valence-electron chi connectivity index (χ0n) is 20.5. The van der Waals surface area contributed by atoms with Crippen LogP contribution in [-0.2, 0) is 17.8 Å². The third-order valence-corrected chi connectivity index (χ3v) is 8.18. The Morgan fingerprint density at radius 2 is 1.42 bits per heavy atom. The first-order chi connectivity index (χ1) is 15.3. The van der Waals surface area contributed by atoms with Crippen LogP contribution in [-0.4, -0.2) is 6.61 Å². The van der Waals surface area contributed by atoms with Gasteiger partial charge in [0.05, 0.1) is 6.61 Å². The van der Waals surface area contributed by atoms with E-state index in [1.54, 1.807) is 0 Å². The summed E-state index contributed by atoms with van der Waals surface area (Å²) >= 11 is 0. The van der Waals surface area contributed by atoms with Crippen LogP contribution in [0.4, 0.5) is 0 Å². The molecule has 0 aliphatic heterocycles. The minimum Gasteiger partial charge on any atom is -0.377 e. The zero-order valence-corrected chi connectivity index (χ0v) is 20.5. The normalized spacial score (nSPS) is 27.0. The van der Waals surface area contributed by atoms with Crippen molar-refractivity contribution in [1.29, 1.82) is 0 Å². The molecule has 1 aromatic rings. The Hall–Kier alpha value is -1.08. The van der Waals surface area contributed by atoms with Crippen molar-refractivity contribution >= 4 is 0 Å². The Morgan fingerprint density at radius 3 is 2.03 bits per heavy atom. The van der Waals surface area contributed by atoms with Crippen molar-refractivity contribution in [3.8, 4) is 0 Å². The summed E-state index contributed by atoms with van der Waals surface area (Å²) in [6, 6.07) is 9.22. The maximum atomic E-state index is 5.80. The molecular formula is C30H48O. The highest BCUT2D eigenvalue weighted by Gasteiger charge is 2.30. The molecule has 2 fully saturated rings. The summed E-state index contributed by atoms with van der Waals surface area (Å²) < 4.78 is 5.80. The molecule has 31 heavy (non-hydrogen) atoms. The van der Waals surface area contributed by atoms with Gasteiger partial charge < -0.3 is 4.74 Å². The minimum atomic E-state index is 0.769. The first-order valence-electron chi connectivity index (χ1n) is 13.5. The van der Waals surface area contributed by atoms with Gasteiger partial charge >= 0.3 is 0 Å². The molecule has 0 amide bonds. The summed E-state index contributed by atoms with van der Waals surface area (Å²) in [5, 5.41) is 0. The van der Waals surface area contributed by atoms with Gasteiger partial charge in [-0.25, -0.2) is 0 Å². The van der Waals surface area contributed by atoms with Crippen molar-refractivity contribution in [1.82, 2.24) is 0 Å². The number of aryl methyl sites for hydroxylation is 1. The van der Waals surface area contributed by atoms with Crippen LogP contribution in [0.5, 0.6) is 0 Å². The lowest BCUT2D eigenvalue weighted by Gasteiger charge is -2.37. The molecule has 174 valence electrons. The van der Waals surface area contributed by atoms with Crippen LogP contribution in [0.15, 0.2) is 36.4 Å². The van der Waals surface area contributed by atoms with Crippen molar-refractivity contribution in [2.24, 2.45) is 23.7 Å². The lowest BCUT2D eigenvalue weighted by molar-refractivity contribution is 0.117. The van der Waals surface area contributed by atoms with E-state index in [1.807, 2.05) is 0 Å². The van der Waals surface area contributed by atoms with Gasteiger partial charge in [0, 0.05) is 6.61 Å². The standard InChI is InChI=1S/C30H48O/c1-3-5-7-23-31-24-28-13-11-26(12-14-28)9-10-27-17-21-30(22-18-27)29-19-15-25(16-20-29)8-6-4-2/h4,6,11-14,25,27,29-30H,3,5,7-10,15-24H2,1-2H3/b6-4+/t25-,27?,29-,30?. The smallest absolute Gasteiger partial charge is 0.0716 e.